The van der Waals surface area contributed by atoms with Gasteiger partial charge in [-0.2, -0.15) is 0 Å². The summed E-state index contributed by atoms with van der Waals surface area (Å²) in [4.78, 5) is 0. The van der Waals surface area contributed by atoms with Crippen LogP contribution in [-0.2, 0) is 0 Å². The minimum absolute atomic E-state index is 0.870. The zero-order valence-corrected chi connectivity index (χ0v) is 5.48. The minimum Gasteiger partial charge on any atom is -0.0853 e. The molecule has 0 heterocycles. The third-order valence-electron chi connectivity index (χ3n) is 1.82. The average molecular weight is 109 g/mol. The highest BCUT2D eigenvalue weighted by Gasteiger charge is 2.10. The van der Waals surface area contributed by atoms with Crippen molar-refractivity contribution in [3.63, 3.8) is 0 Å². The van der Waals surface area contributed by atoms with E-state index in [-0.39, 0.29) is 0 Å². The van der Waals surface area contributed by atoms with Crippen molar-refractivity contribution in [3.8, 4) is 0 Å². The molecule has 1 aliphatic carbocycles. The van der Waals surface area contributed by atoms with Crippen molar-refractivity contribution in [1.82, 2.24) is 0 Å². The van der Waals surface area contributed by atoms with E-state index in [0.29, 0.717) is 0 Å². The highest BCUT2D eigenvalue weighted by Crippen LogP contribution is 2.25. The van der Waals surface area contributed by atoms with Gasteiger partial charge in [0.1, 0.15) is 0 Å². The van der Waals surface area contributed by atoms with Gasteiger partial charge in [-0.3, -0.25) is 0 Å². The SMILES string of the molecule is [CH2]CC1CC=C(C)C1. The van der Waals surface area contributed by atoms with Crippen molar-refractivity contribution in [3.05, 3.63) is 18.6 Å². The Morgan fingerprint density at radius 1 is 1.88 bits per heavy atom. The second kappa shape index (κ2) is 2.34. The van der Waals surface area contributed by atoms with E-state index in [1.807, 2.05) is 0 Å². The van der Waals surface area contributed by atoms with Gasteiger partial charge in [0.15, 0.2) is 0 Å². The Bertz CT molecular complexity index is 101. The van der Waals surface area contributed by atoms with Crippen LogP contribution in [0, 0.1) is 12.8 Å². The normalized spacial score (nSPS) is 28.2. The summed E-state index contributed by atoms with van der Waals surface area (Å²) in [6, 6.07) is 0. The summed E-state index contributed by atoms with van der Waals surface area (Å²) in [5.74, 6) is 0.870. The van der Waals surface area contributed by atoms with Gasteiger partial charge >= 0.3 is 0 Å². The Labute approximate surface area is 51.6 Å². The smallest absolute Gasteiger partial charge is 0.0292 e. The molecule has 0 nitrogen and oxygen atoms in total. The molecule has 1 atom stereocenters. The maximum atomic E-state index is 3.87. The number of hydrogen-bond donors (Lipinski definition) is 0. The van der Waals surface area contributed by atoms with Crippen LogP contribution in [0.4, 0.5) is 0 Å². The highest BCUT2D eigenvalue weighted by atomic mass is 14.2. The first-order chi connectivity index (χ1) is 3.83. The van der Waals surface area contributed by atoms with E-state index in [1.54, 1.807) is 5.57 Å². The summed E-state index contributed by atoms with van der Waals surface area (Å²) < 4.78 is 0. The fourth-order valence-electron chi connectivity index (χ4n) is 1.21. The summed E-state index contributed by atoms with van der Waals surface area (Å²) in [6.45, 7) is 6.07. The average Bonchev–Trinajstić information content (AvgIpc) is 2.14. The van der Waals surface area contributed by atoms with Gasteiger partial charge in [0.25, 0.3) is 0 Å². The lowest BCUT2D eigenvalue weighted by Gasteiger charge is -2.02. The first kappa shape index (κ1) is 5.87. The Morgan fingerprint density at radius 2 is 2.62 bits per heavy atom. The van der Waals surface area contributed by atoms with Crippen molar-refractivity contribution >= 4 is 0 Å². The quantitative estimate of drug-likeness (QED) is 0.454. The second-order valence-corrected chi connectivity index (χ2v) is 2.65. The molecule has 0 amide bonds. The summed E-state index contributed by atoms with van der Waals surface area (Å²) >= 11 is 0. The van der Waals surface area contributed by atoms with Crippen LogP contribution in [0.2, 0.25) is 0 Å². The largest absolute Gasteiger partial charge is 0.0853 e. The van der Waals surface area contributed by atoms with Gasteiger partial charge in [0.05, 0.1) is 0 Å². The second-order valence-electron chi connectivity index (χ2n) is 2.65. The zero-order chi connectivity index (χ0) is 5.98. The topological polar surface area (TPSA) is 0 Å². The lowest BCUT2D eigenvalue weighted by Crippen LogP contribution is -1.89. The van der Waals surface area contributed by atoms with Gasteiger partial charge in [0, 0.05) is 0 Å². The molecule has 45 valence electrons. The predicted molar refractivity (Wildman–Crippen MR) is 36.5 cm³/mol. The van der Waals surface area contributed by atoms with E-state index in [2.05, 4.69) is 19.9 Å². The molecule has 0 bridgehead atoms. The maximum absolute atomic E-state index is 3.87. The fraction of sp³-hybridized carbons (Fsp3) is 0.625. The molecule has 0 aliphatic heterocycles. The number of rotatable bonds is 1. The molecule has 0 heteroatoms. The van der Waals surface area contributed by atoms with Gasteiger partial charge in [-0.05, 0) is 32.1 Å². The van der Waals surface area contributed by atoms with Crippen LogP contribution < -0.4 is 0 Å². The Kier molecular flexibility index (Phi) is 1.72. The molecule has 0 aromatic heterocycles. The highest BCUT2D eigenvalue weighted by molar-refractivity contribution is 5.06. The molecule has 1 unspecified atom stereocenters. The van der Waals surface area contributed by atoms with Crippen LogP contribution in [0.1, 0.15) is 26.2 Å². The lowest BCUT2D eigenvalue weighted by molar-refractivity contribution is 0.570. The molecule has 0 fully saturated rings. The van der Waals surface area contributed by atoms with Crippen molar-refractivity contribution in [2.24, 2.45) is 5.92 Å². The molecule has 0 spiro atoms. The van der Waals surface area contributed by atoms with E-state index < -0.39 is 0 Å². The lowest BCUT2D eigenvalue weighted by atomic mass is 10.0. The molecular weight excluding hydrogens is 96.1 g/mol. The number of allylic oxidation sites excluding steroid dienone is 2. The van der Waals surface area contributed by atoms with E-state index in [9.17, 15) is 0 Å². The van der Waals surface area contributed by atoms with Crippen LogP contribution in [0.15, 0.2) is 11.6 Å². The minimum atomic E-state index is 0.870. The molecule has 1 rings (SSSR count). The molecule has 0 saturated carbocycles. The molecule has 0 saturated heterocycles. The molecule has 1 radical (unpaired) electrons. The Morgan fingerprint density at radius 3 is 2.88 bits per heavy atom. The van der Waals surface area contributed by atoms with E-state index in [4.69, 9.17) is 0 Å². The summed E-state index contributed by atoms with van der Waals surface area (Å²) in [5, 5.41) is 0. The van der Waals surface area contributed by atoms with Gasteiger partial charge in [0.2, 0.25) is 0 Å². The van der Waals surface area contributed by atoms with E-state index in [1.165, 1.54) is 12.8 Å². The van der Waals surface area contributed by atoms with Crippen molar-refractivity contribution in [2.45, 2.75) is 26.2 Å². The summed E-state index contributed by atoms with van der Waals surface area (Å²) in [6.07, 6.45) is 6.00. The van der Waals surface area contributed by atoms with Gasteiger partial charge in [-0.15, -0.1) is 0 Å². The first-order valence-electron chi connectivity index (χ1n) is 3.28. The van der Waals surface area contributed by atoms with E-state index >= 15 is 0 Å². The number of hydrogen-bond acceptors (Lipinski definition) is 0. The fourth-order valence-corrected chi connectivity index (χ4v) is 1.21. The van der Waals surface area contributed by atoms with Crippen molar-refractivity contribution in [2.75, 3.05) is 0 Å². The van der Waals surface area contributed by atoms with Crippen LogP contribution >= 0.6 is 0 Å². The zero-order valence-electron chi connectivity index (χ0n) is 5.48. The summed E-state index contributed by atoms with van der Waals surface area (Å²) in [5.41, 5.74) is 1.55. The molecular formula is C8H13. The van der Waals surface area contributed by atoms with Gasteiger partial charge in [-0.25, -0.2) is 0 Å². The van der Waals surface area contributed by atoms with Crippen molar-refractivity contribution < 1.29 is 0 Å². The van der Waals surface area contributed by atoms with Crippen LogP contribution in [0.5, 0.6) is 0 Å². The van der Waals surface area contributed by atoms with Gasteiger partial charge < -0.3 is 0 Å². The molecule has 0 aromatic carbocycles. The molecule has 1 aliphatic rings. The molecule has 8 heavy (non-hydrogen) atoms. The van der Waals surface area contributed by atoms with E-state index in [0.717, 1.165) is 12.3 Å². The van der Waals surface area contributed by atoms with Crippen LogP contribution in [-0.4, -0.2) is 0 Å². The monoisotopic (exact) mass is 109 g/mol. The Balaban J connectivity index is 2.32. The standard InChI is InChI=1S/C8H13/c1-3-8-5-4-7(2)6-8/h4,8H,1,3,5-6H2,2H3. The summed E-state index contributed by atoms with van der Waals surface area (Å²) in [7, 11) is 0. The predicted octanol–water partition coefficient (Wildman–Crippen LogP) is 2.57. The molecule has 0 N–H and O–H groups in total. The van der Waals surface area contributed by atoms with Crippen molar-refractivity contribution in [1.29, 1.82) is 0 Å². The third-order valence-corrected chi connectivity index (χ3v) is 1.82. The first-order valence-corrected chi connectivity index (χ1v) is 3.28. The third kappa shape index (κ3) is 1.12. The Hall–Kier alpha value is -0.260. The van der Waals surface area contributed by atoms with Gasteiger partial charge in [-0.1, -0.05) is 18.6 Å². The van der Waals surface area contributed by atoms with Crippen LogP contribution in [0.3, 0.4) is 0 Å². The molecule has 0 aromatic rings. The maximum Gasteiger partial charge on any atom is -0.0292 e. The van der Waals surface area contributed by atoms with Crippen LogP contribution in [0.25, 0.3) is 0 Å².